The number of hydrogen-bond acceptors (Lipinski definition) is 12. The first-order chi connectivity index (χ1) is 12.7. The summed E-state index contributed by atoms with van der Waals surface area (Å²) in [5, 5.41) is 30.1. The fourth-order valence-corrected chi connectivity index (χ4v) is 4.14. The number of aliphatic hydroxyl groups excluding tert-OH is 3. The molecule has 12 nitrogen and oxygen atoms in total. The van der Waals surface area contributed by atoms with Crippen LogP contribution in [0.5, 0.6) is 0 Å². The number of aliphatic hydroxyl groups is 3. The van der Waals surface area contributed by atoms with E-state index in [-0.39, 0.29) is 6.61 Å². The van der Waals surface area contributed by atoms with Gasteiger partial charge in [0, 0.05) is 7.11 Å². The molecule has 0 amide bonds. The average Bonchev–Trinajstić information content (AvgIpc) is 2.90. The molecule has 3 saturated heterocycles. The number of methoxy groups -OCH3 is 1. The van der Waals surface area contributed by atoms with Crippen LogP contribution in [0.25, 0.3) is 0 Å². The van der Waals surface area contributed by atoms with Crippen LogP contribution in [0.4, 0.5) is 0 Å². The van der Waals surface area contributed by atoms with Gasteiger partial charge >= 0.3 is 0 Å². The first-order valence-corrected chi connectivity index (χ1v) is 9.71. The van der Waals surface area contributed by atoms with E-state index >= 15 is 0 Å². The van der Waals surface area contributed by atoms with Gasteiger partial charge in [0.15, 0.2) is 6.29 Å². The summed E-state index contributed by atoms with van der Waals surface area (Å²) in [6.07, 6.45) is -10.6. The molecule has 2 bridgehead atoms. The van der Waals surface area contributed by atoms with Crippen LogP contribution >= 0.6 is 0 Å². The Hall–Kier alpha value is -0.450. The minimum atomic E-state index is -5.14. The third-order valence-corrected chi connectivity index (χ3v) is 5.40. The Morgan fingerprint density at radius 1 is 1.15 bits per heavy atom. The summed E-state index contributed by atoms with van der Waals surface area (Å²) in [4.78, 5) is 0. The van der Waals surface area contributed by atoms with Crippen LogP contribution in [0.3, 0.4) is 0 Å². The van der Waals surface area contributed by atoms with E-state index < -0.39 is 78.2 Å². The molecule has 3 fully saturated rings. The molecule has 158 valence electrons. The van der Waals surface area contributed by atoms with Gasteiger partial charge in [0.2, 0.25) is 10.4 Å². The van der Waals surface area contributed by atoms with E-state index in [2.05, 4.69) is 4.18 Å². The van der Waals surface area contributed by atoms with Crippen LogP contribution in [0.1, 0.15) is 6.92 Å². The number of fused-ring (bicyclic) bond motifs is 2. The van der Waals surface area contributed by atoms with Crippen LogP contribution in [0, 0.1) is 0 Å². The molecule has 0 saturated carbocycles. The summed E-state index contributed by atoms with van der Waals surface area (Å²) in [6, 6.07) is 0. The molecule has 3 aliphatic rings. The average molecular weight is 415 g/mol. The minimum absolute atomic E-state index is 0.177. The molecule has 3 rings (SSSR count). The maximum absolute atomic E-state index is 10.9. The maximum atomic E-state index is 10.9. The number of hydrogen-bond donors (Lipinski definition) is 3. The van der Waals surface area contributed by atoms with E-state index in [1.807, 2.05) is 0 Å². The van der Waals surface area contributed by atoms with Gasteiger partial charge in [-0.05, 0) is 6.92 Å². The van der Waals surface area contributed by atoms with Crippen molar-refractivity contribution in [3.8, 4) is 0 Å². The van der Waals surface area contributed by atoms with E-state index in [0.717, 1.165) is 0 Å². The topological polar surface area (TPSA) is 173 Å². The Bertz CT molecular complexity index is 613. The summed E-state index contributed by atoms with van der Waals surface area (Å²) in [5.74, 6) is 0. The highest BCUT2D eigenvalue weighted by Crippen LogP contribution is 2.35. The van der Waals surface area contributed by atoms with Crippen LogP contribution in [0.15, 0.2) is 0 Å². The van der Waals surface area contributed by atoms with Gasteiger partial charge < -0.3 is 43.6 Å². The van der Waals surface area contributed by atoms with Crippen LogP contribution in [-0.2, 0) is 38.3 Å². The normalized spacial score (nSPS) is 47.9. The van der Waals surface area contributed by atoms with Crippen LogP contribution in [0.2, 0.25) is 0 Å². The fraction of sp³-hybridized carbons (Fsp3) is 1.00. The number of rotatable bonds is 6. The lowest BCUT2D eigenvalue weighted by Gasteiger charge is -2.45. The standard InChI is InChI=1S/C14H24O12S/c1-5-8(16)13-10(7(23-5)4-22-13)25-14-9(17)12(21-2)11(6(3-15)24-14)26-27(18,19)20/h5-17H,3-4H2,1-2H3,(H,18,19,20)/p-1/t5-,6?,7+,8?,9?,10+,11+,12+,13?,14+/m1/s1. The van der Waals surface area contributed by atoms with Crippen molar-refractivity contribution in [3.05, 3.63) is 0 Å². The lowest BCUT2D eigenvalue weighted by Crippen LogP contribution is -2.63. The Morgan fingerprint density at radius 3 is 2.44 bits per heavy atom. The summed E-state index contributed by atoms with van der Waals surface area (Å²) in [7, 11) is -3.98. The molecule has 0 radical (unpaired) electrons. The monoisotopic (exact) mass is 415 g/mol. The predicted octanol–water partition coefficient (Wildman–Crippen LogP) is -3.14. The van der Waals surface area contributed by atoms with E-state index in [0.29, 0.717) is 0 Å². The van der Waals surface area contributed by atoms with E-state index in [4.69, 9.17) is 23.7 Å². The van der Waals surface area contributed by atoms with Gasteiger partial charge in [-0.25, -0.2) is 8.42 Å². The molecule has 10 atom stereocenters. The third kappa shape index (κ3) is 4.28. The van der Waals surface area contributed by atoms with Gasteiger partial charge in [0.25, 0.3) is 0 Å². The zero-order valence-corrected chi connectivity index (χ0v) is 15.4. The molecule has 0 spiro atoms. The summed E-state index contributed by atoms with van der Waals surface area (Å²) in [5.41, 5.74) is 0. The predicted molar refractivity (Wildman–Crippen MR) is 82.1 cm³/mol. The van der Waals surface area contributed by atoms with Gasteiger partial charge in [-0.2, -0.15) is 0 Å². The highest BCUT2D eigenvalue weighted by Gasteiger charge is 2.54. The van der Waals surface area contributed by atoms with Crippen molar-refractivity contribution >= 4 is 10.4 Å². The van der Waals surface area contributed by atoms with Gasteiger partial charge in [-0.3, -0.25) is 4.18 Å². The zero-order valence-electron chi connectivity index (χ0n) is 14.6. The highest BCUT2D eigenvalue weighted by atomic mass is 32.3. The molecule has 0 aromatic heterocycles. The molecule has 3 heterocycles. The summed E-state index contributed by atoms with van der Waals surface area (Å²) < 4.78 is 64.5. The highest BCUT2D eigenvalue weighted by molar-refractivity contribution is 7.80. The largest absolute Gasteiger partial charge is 0.726 e. The lowest BCUT2D eigenvalue weighted by molar-refractivity contribution is -0.327. The summed E-state index contributed by atoms with van der Waals surface area (Å²) >= 11 is 0. The first kappa shape index (κ1) is 21.3. The quantitative estimate of drug-likeness (QED) is 0.294. The Labute approximate surface area is 155 Å². The van der Waals surface area contributed by atoms with Gasteiger partial charge in [0.1, 0.15) is 48.8 Å². The maximum Gasteiger partial charge on any atom is 0.218 e. The van der Waals surface area contributed by atoms with Crippen molar-refractivity contribution in [1.82, 2.24) is 0 Å². The molecule has 4 unspecified atom stereocenters. The Balaban J connectivity index is 1.75. The molecule has 0 aromatic carbocycles. The SMILES string of the molecule is CO[C@H]1C(O)[C@H](O[C@@H]2C3OC[C@@H]2O[C@H](C)C3O)OC(CO)[C@@H]1OS(=O)(=O)[O-]. The molecule has 13 heteroatoms. The lowest BCUT2D eigenvalue weighted by atomic mass is 9.97. The first-order valence-electron chi connectivity index (χ1n) is 8.38. The van der Waals surface area contributed by atoms with Crippen molar-refractivity contribution in [2.45, 2.75) is 68.1 Å². The number of ether oxygens (including phenoxy) is 5. The smallest absolute Gasteiger partial charge is 0.218 e. The Kier molecular flexibility index (Phi) is 6.39. The van der Waals surface area contributed by atoms with Crippen molar-refractivity contribution in [2.24, 2.45) is 0 Å². The molecular formula is C14H23O12S-. The summed E-state index contributed by atoms with van der Waals surface area (Å²) in [6.45, 7) is 1.14. The molecule has 27 heavy (non-hydrogen) atoms. The third-order valence-electron chi connectivity index (χ3n) is 4.94. The molecule has 3 N–H and O–H groups in total. The zero-order chi connectivity index (χ0) is 19.9. The molecule has 0 aromatic rings. The van der Waals surface area contributed by atoms with Crippen molar-refractivity contribution in [3.63, 3.8) is 0 Å². The van der Waals surface area contributed by atoms with Gasteiger partial charge in [-0.1, -0.05) is 0 Å². The van der Waals surface area contributed by atoms with Crippen LogP contribution in [-0.4, -0.2) is 110 Å². The van der Waals surface area contributed by atoms with E-state index in [1.54, 1.807) is 6.92 Å². The van der Waals surface area contributed by atoms with Gasteiger partial charge in [0.05, 0.1) is 19.3 Å². The van der Waals surface area contributed by atoms with E-state index in [9.17, 15) is 28.3 Å². The second-order valence-corrected chi connectivity index (χ2v) is 7.66. The second kappa shape index (κ2) is 8.12. The Morgan fingerprint density at radius 2 is 1.85 bits per heavy atom. The fourth-order valence-electron chi connectivity index (χ4n) is 3.64. The van der Waals surface area contributed by atoms with Crippen molar-refractivity contribution in [1.29, 1.82) is 0 Å². The molecule has 0 aliphatic carbocycles. The second-order valence-electron chi connectivity index (χ2n) is 6.65. The van der Waals surface area contributed by atoms with Gasteiger partial charge in [-0.15, -0.1) is 0 Å². The minimum Gasteiger partial charge on any atom is -0.726 e. The van der Waals surface area contributed by atoms with Crippen molar-refractivity contribution < 1.29 is 56.2 Å². The van der Waals surface area contributed by atoms with E-state index in [1.165, 1.54) is 7.11 Å². The van der Waals surface area contributed by atoms with Crippen molar-refractivity contribution in [2.75, 3.05) is 20.3 Å². The van der Waals surface area contributed by atoms with Crippen LogP contribution < -0.4 is 0 Å². The molecular weight excluding hydrogens is 392 g/mol. The molecule has 3 aliphatic heterocycles.